The van der Waals surface area contributed by atoms with Crippen LogP contribution in [0.1, 0.15) is 11.7 Å². The maximum Gasteiger partial charge on any atom is 0.346 e. The number of hydrazine groups is 1. The lowest BCUT2D eigenvalue weighted by atomic mass is 10.2. The van der Waals surface area contributed by atoms with Gasteiger partial charge in [0.05, 0.1) is 24.5 Å². The summed E-state index contributed by atoms with van der Waals surface area (Å²) in [5.74, 6) is 0. The van der Waals surface area contributed by atoms with Gasteiger partial charge in [0.1, 0.15) is 12.3 Å². The molecule has 1 fully saturated rings. The Morgan fingerprint density at radius 1 is 1.42 bits per heavy atom. The Morgan fingerprint density at radius 2 is 2.25 bits per heavy atom. The Hall–Kier alpha value is -2.66. The third kappa shape index (κ3) is 3.31. The van der Waals surface area contributed by atoms with Gasteiger partial charge >= 0.3 is 12.1 Å². The Balaban J connectivity index is 1.62. The highest BCUT2D eigenvalue weighted by Gasteiger charge is 2.34. The molecular weight excluding hydrogens is 352 g/mol. The van der Waals surface area contributed by atoms with E-state index in [4.69, 9.17) is 5.73 Å². The molecule has 2 aromatic heterocycles. The highest BCUT2D eigenvalue weighted by Crippen LogP contribution is 2.19. The molecule has 9 nitrogen and oxygen atoms in total. The van der Waals surface area contributed by atoms with Crippen LogP contribution in [0, 0.1) is 0 Å². The first-order chi connectivity index (χ1) is 11.6. The zero-order valence-electron chi connectivity index (χ0n) is 12.3. The quantitative estimate of drug-likeness (QED) is 0.690. The fourth-order valence-corrected chi connectivity index (χ4v) is 3.33. The molecule has 0 spiro atoms. The van der Waals surface area contributed by atoms with E-state index in [0.29, 0.717) is 23.7 Å². The molecule has 0 saturated carbocycles. The number of aromatic nitrogens is 1. The number of carbonyl (C=O) groups is 3. The van der Waals surface area contributed by atoms with Crippen LogP contribution in [0.15, 0.2) is 22.2 Å². The topological polar surface area (TPSA) is 121 Å². The van der Waals surface area contributed by atoms with Crippen molar-refractivity contribution in [2.75, 3.05) is 24.2 Å². The summed E-state index contributed by atoms with van der Waals surface area (Å²) in [5.41, 5.74) is 9.59. The van der Waals surface area contributed by atoms with Crippen molar-refractivity contribution in [2.24, 2.45) is 0 Å². The SMILES string of the molecule is Nc1nc(C(C=O)NC(=O)N2CCN(Nc3ccsc3)C2=O)cs1. The van der Waals surface area contributed by atoms with Gasteiger partial charge in [-0.15, -0.1) is 11.3 Å². The first-order valence-corrected chi connectivity index (χ1v) is 8.75. The standard InChI is InChI=1S/C13H14N6O3S2/c14-11-15-10(7-24-11)9(5-20)16-12(21)18-2-3-19(13(18)22)17-8-1-4-23-6-8/h1,4-7,9,17H,2-3H2,(H2,14,15)(H,16,21). The first kappa shape index (κ1) is 16.2. The van der Waals surface area contributed by atoms with Crippen LogP contribution in [0.25, 0.3) is 0 Å². The van der Waals surface area contributed by atoms with Crippen LogP contribution in [0.4, 0.5) is 20.4 Å². The number of amides is 4. The number of imide groups is 1. The molecule has 4 N–H and O–H groups in total. The predicted molar refractivity (Wildman–Crippen MR) is 90.6 cm³/mol. The minimum absolute atomic E-state index is 0.215. The van der Waals surface area contributed by atoms with Crippen LogP contribution >= 0.6 is 22.7 Å². The molecule has 0 aromatic carbocycles. The summed E-state index contributed by atoms with van der Waals surface area (Å²) in [4.78, 5) is 40.8. The van der Waals surface area contributed by atoms with Crippen LogP contribution in [-0.2, 0) is 4.79 Å². The van der Waals surface area contributed by atoms with Crippen LogP contribution in [0.2, 0.25) is 0 Å². The van der Waals surface area contributed by atoms with Crippen molar-refractivity contribution in [2.45, 2.75) is 6.04 Å². The van der Waals surface area contributed by atoms with E-state index in [1.807, 2.05) is 16.8 Å². The van der Waals surface area contributed by atoms with Gasteiger partial charge in [-0.3, -0.25) is 5.43 Å². The molecule has 1 saturated heterocycles. The number of nitrogens with two attached hydrogens (primary N) is 1. The number of anilines is 2. The smallest absolute Gasteiger partial charge is 0.346 e. The Bertz CT molecular complexity index is 747. The van der Waals surface area contributed by atoms with Gasteiger partial charge in [0, 0.05) is 10.8 Å². The van der Waals surface area contributed by atoms with E-state index >= 15 is 0 Å². The molecule has 1 aliphatic heterocycles. The number of carbonyl (C=O) groups excluding carboxylic acids is 3. The highest BCUT2D eigenvalue weighted by molar-refractivity contribution is 7.13. The number of urea groups is 2. The molecule has 0 bridgehead atoms. The summed E-state index contributed by atoms with van der Waals surface area (Å²) in [7, 11) is 0. The number of thiophene rings is 1. The normalized spacial score (nSPS) is 15.4. The molecule has 126 valence electrons. The van der Waals surface area contributed by atoms with E-state index in [0.717, 1.165) is 10.6 Å². The van der Waals surface area contributed by atoms with Crippen molar-refractivity contribution in [1.82, 2.24) is 20.2 Å². The van der Waals surface area contributed by atoms with Gasteiger partial charge in [0.15, 0.2) is 5.13 Å². The zero-order valence-corrected chi connectivity index (χ0v) is 14.0. The van der Waals surface area contributed by atoms with Crippen molar-refractivity contribution in [3.63, 3.8) is 0 Å². The summed E-state index contributed by atoms with van der Waals surface area (Å²) in [6, 6.07) is -0.257. The number of aldehydes is 1. The van der Waals surface area contributed by atoms with Crippen LogP contribution in [0.3, 0.4) is 0 Å². The predicted octanol–water partition coefficient (Wildman–Crippen LogP) is 1.50. The Labute approximate surface area is 145 Å². The van der Waals surface area contributed by atoms with E-state index in [1.54, 1.807) is 5.38 Å². The van der Waals surface area contributed by atoms with Crippen molar-refractivity contribution in [3.8, 4) is 0 Å². The van der Waals surface area contributed by atoms with Gasteiger partial charge in [-0.1, -0.05) is 0 Å². The van der Waals surface area contributed by atoms with E-state index in [9.17, 15) is 14.4 Å². The molecule has 24 heavy (non-hydrogen) atoms. The van der Waals surface area contributed by atoms with Crippen molar-refractivity contribution < 1.29 is 14.4 Å². The molecule has 0 radical (unpaired) electrons. The minimum Gasteiger partial charge on any atom is -0.375 e. The average Bonchev–Trinajstić information content (AvgIpc) is 3.29. The number of nitrogens with one attached hydrogen (secondary N) is 2. The van der Waals surface area contributed by atoms with E-state index in [1.165, 1.54) is 27.7 Å². The minimum atomic E-state index is -0.947. The summed E-state index contributed by atoms with van der Waals surface area (Å²) in [6.07, 6.45) is 0.550. The first-order valence-electron chi connectivity index (χ1n) is 6.93. The lowest BCUT2D eigenvalue weighted by molar-refractivity contribution is -0.109. The molecule has 1 aliphatic rings. The van der Waals surface area contributed by atoms with Gasteiger partial charge in [-0.05, 0) is 11.4 Å². The second-order valence-corrected chi connectivity index (χ2v) is 6.55. The van der Waals surface area contributed by atoms with Gasteiger partial charge in [0.2, 0.25) is 0 Å². The molecular formula is C13H14N6O3S2. The highest BCUT2D eigenvalue weighted by atomic mass is 32.1. The number of rotatable bonds is 5. The van der Waals surface area contributed by atoms with Crippen LogP contribution < -0.4 is 16.5 Å². The van der Waals surface area contributed by atoms with Crippen molar-refractivity contribution in [3.05, 3.63) is 27.9 Å². The number of thiazole rings is 1. The fraction of sp³-hybridized carbons (Fsp3) is 0.231. The fourth-order valence-electron chi connectivity index (χ4n) is 2.15. The third-order valence-corrected chi connectivity index (χ3v) is 4.69. The monoisotopic (exact) mass is 366 g/mol. The molecule has 11 heteroatoms. The number of hydrogen-bond donors (Lipinski definition) is 3. The molecule has 1 unspecified atom stereocenters. The Morgan fingerprint density at radius 3 is 2.88 bits per heavy atom. The lowest BCUT2D eigenvalue weighted by Gasteiger charge is -2.20. The zero-order chi connectivity index (χ0) is 17.1. The van der Waals surface area contributed by atoms with Gasteiger partial charge in [-0.2, -0.15) is 11.3 Å². The number of nitrogen functional groups attached to an aromatic ring is 1. The second kappa shape index (κ2) is 6.84. The van der Waals surface area contributed by atoms with Crippen molar-refractivity contribution in [1.29, 1.82) is 0 Å². The molecule has 3 rings (SSSR count). The molecule has 1 atom stereocenters. The second-order valence-electron chi connectivity index (χ2n) is 4.88. The number of hydrogen-bond acceptors (Lipinski definition) is 8. The van der Waals surface area contributed by atoms with Crippen LogP contribution in [-0.4, -0.2) is 46.3 Å². The summed E-state index contributed by atoms with van der Waals surface area (Å²) >= 11 is 2.66. The van der Waals surface area contributed by atoms with Gasteiger partial charge in [0.25, 0.3) is 0 Å². The Kier molecular flexibility index (Phi) is 4.62. The van der Waals surface area contributed by atoms with E-state index in [-0.39, 0.29) is 6.54 Å². The maximum atomic E-state index is 12.3. The van der Waals surface area contributed by atoms with Gasteiger partial charge in [-0.25, -0.2) is 24.5 Å². The van der Waals surface area contributed by atoms with Crippen molar-refractivity contribution >= 4 is 51.8 Å². The van der Waals surface area contributed by atoms with E-state index < -0.39 is 18.1 Å². The summed E-state index contributed by atoms with van der Waals surface area (Å²) in [6.45, 7) is 0.560. The number of nitrogens with zero attached hydrogens (tertiary/aromatic N) is 3. The van der Waals surface area contributed by atoms with Gasteiger partial charge < -0.3 is 15.8 Å². The molecule has 4 amide bonds. The summed E-state index contributed by atoms with van der Waals surface area (Å²) in [5, 5.41) is 9.45. The van der Waals surface area contributed by atoms with E-state index in [2.05, 4.69) is 15.7 Å². The van der Waals surface area contributed by atoms with Crippen LogP contribution in [0.5, 0.6) is 0 Å². The molecule has 2 aromatic rings. The largest absolute Gasteiger partial charge is 0.375 e. The third-order valence-electron chi connectivity index (χ3n) is 3.31. The lowest BCUT2D eigenvalue weighted by Crippen LogP contribution is -2.45. The average molecular weight is 366 g/mol. The summed E-state index contributed by atoms with van der Waals surface area (Å²) < 4.78 is 0. The molecule has 3 heterocycles. The molecule has 0 aliphatic carbocycles. The maximum absolute atomic E-state index is 12.3.